The molecule has 7 nitrogen and oxygen atoms in total. The summed E-state index contributed by atoms with van der Waals surface area (Å²) in [6.07, 6.45) is 1.43. The van der Waals surface area contributed by atoms with Crippen molar-refractivity contribution in [2.24, 2.45) is 10.7 Å². The van der Waals surface area contributed by atoms with Crippen molar-refractivity contribution in [3.8, 4) is 5.75 Å². The van der Waals surface area contributed by atoms with E-state index in [-0.39, 0.29) is 22.9 Å². The van der Waals surface area contributed by atoms with Crippen molar-refractivity contribution in [3.63, 3.8) is 0 Å². The van der Waals surface area contributed by atoms with Gasteiger partial charge in [0.25, 0.3) is 5.91 Å². The van der Waals surface area contributed by atoms with Gasteiger partial charge >= 0.3 is 0 Å². The number of anilines is 2. The van der Waals surface area contributed by atoms with Gasteiger partial charge < -0.3 is 16.2 Å². The summed E-state index contributed by atoms with van der Waals surface area (Å²) in [4.78, 5) is 16.1. The number of aryl methyl sites for hydroxylation is 1. The van der Waals surface area contributed by atoms with E-state index in [0.717, 1.165) is 5.56 Å². The molecule has 0 saturated heterocycles. The molecule has 3 rings (SSSR count). The Kier molecular flexibility index (Phi) is 4.90. The third kappa shape index (κ3) is 3.84. The molecule has 2 aromatic carbocycles. The topological polar surface area (TPSA) is 116 Å². The number of carbonyl (C=O) groups is 1. The lowest BCUT2D eigenvalue weighted by Crippen LogP contribution is -2.12. The molecule has 0 spiro atoms. The summed E-state index contributed by atoms with van der Waals surface area (Å²) < 4.78 is 0. The number of amides is 1. The highest BCUT2D eigenvalue weighted by molar-refractivity contribution is 6.30. The average molecular weight is 370 g/mol. The Bertz CT molecular complexity index is 997. The van der Waals surface area contributed by atoms with Crippen molar-refractivity contribution in [1.82, 2.24) is 10.2 Å². The maximum absolute atomic E-state index is 11.9. The number of halogens is 1. The number of aromatic amines is 1. The normalized spacial score (nSPS) is 11.0. The first-order chi connectivity index (χ1) is 12.4. The van der Waals surface area contributed by atoms with Crippen LogP contribution in [0.3, 0.4) is 0 Å². The van der Waals surface area contributed by atoms with Crippen LogP contribution in [0.25, 0.3) is 0 Å². The minimum absolute atomic E-state index is 0.0890. The molecule has 0 aliphatic carbocycles. The molecule has 5 N–H and O–H groups in total. The minimum Gasteiger partial charge on any atom is -0.507 e. The number of primary amides is 1. The Morgan fingerprint density at radius 2 is 2.15 bits per heavy atom. The Hall–Kier alpha value is -3.32. The van der Waals surface area contributed by atoms with Gasteiger partial charge in [-0.1, -0.05) is 23.7 Å². The predicted molar refractivity (Wildman–Crippen MR) is 102 cm³/mol. The summed E-state index contributed by atoms with van der Waals surface area (Å²) in [5, 5.41) is 20.2. The molecular weight excluding hydrogens is 354 g/mol. The van der Waals surface area contributed by atoms with Crippen molar-refractivity contribution >= 4 is 41.0 Å². The first kappa shape index (κ1) is 17.5. The first-order valence-electron chi connectivity index (χ1n) is 7.68. The van der Waals surface area contributed by atoms with Gasteiger partial charge in [-0.15, -0.1) is 0 Å². The zero-order valence-electron chi connectivity index (χ0n) is 13.8. The number of nitrogens with one attached hydrogen (secondary N) is 2. The lowest BCUT2D eigenvalue weighted by molar-refractivity contribution is 0.100. The lowest BCUT2D eigenvalue weighted by atomic mass is 10.1. The monoisotopic (exact) mass is 369 g/mol. The zero-order chi connectivity index (χ0) is 18.7. The first-order valence-corrected chi connectivity index (χ1v) is 8.06. The zero-order valence-corrected chi connectivity index (χ0v) is 14.6. The van der Waals surface area contributed by atoms with Crippen LogP contribution in [0.2, 0.25) is 5.02 Å². The molecule has 3 aromatic rings. The van der Waals surface area contributed by atoms with Gasteiger partial charge in [0.05, 0.1) is 0 Å². The highest BCUT2D eigenvalue weighted by atomic mass is 35.5. The Morgan fingerprint density at radius 1 is 1.35 bits per heavy atom. The SMILES string of the molecule is Cc1ccc(/C=N/c2[nH]nc(Nc3cccc(Cl)c3)c2C(N)=O)c(O)c1. The molecule has 0 bridgehead atoms. The molecular formula is C18H16ClN5O2. The fourth-order valence-corrected chi connectivity index (χ4v) is 2.54. The number of phenolic OH excluding ortho intramolecular Hbond substituents is 1. The van der Waals surface area contributed by atoms with E-state index in [1.54, 1.807) is 36.4 Å². The molecule has 0 atom stereocenters. The highest BCUT2D eigenvalue weighted by Gasteiger charge is 2.18. The Balaban J connectivity index is 1.92. The molecule has 8 heteroatoms. The van der Waals surface area contributed by atoms with Gasteiger partial charge in [0.15, 0.2) is 11.6 Å². The van der Waals surface area contributed by atoms with E-state index in [2.05, 4.69) is 20.5 Å². The number of hydrogen-bond acceptors (Lipinski definition) is 5. The summed E-state index contributed by atoms with van der Waals surface area (Å²) in [7, 11) is 0. The number of nitrogens with zero attached hydrogens (tertiary/aromatic N) is 2. The van der Waals surface area contributed by atoms with E-state index >= 15 is 0 Å². The molecule has 1 heterocycles. The van der Waals surface area contributed by atoms with Gasteiger partial charge in [-0.05, 0) is 42.8 Å². The number of benzene rings is 2. The van der Waals surface area contributed by atoms with E-state index in [1.165, 1.54) is 6.21 Å². The van der Waals surface area contributed by atoms with E-state index < -0.39 is 5.91 Å². The fraction of sp³-hybridized carbons (Fsp3) is 0.0556. The van der Waals surface area contributed by atoms with Crippen molar-refractivity contribution in [2.45, 2.75) is 6.92 Å². The van der Waals surface area contributed by atoms with Gasteiger partial charge in [-0.2, -0.15) is 5.10 Å². The van der Waals surface area contributed by atoms with Crippen LogP contribution in [0.5, 0.6) is 5.75 Å². The van der Waals surface area contributed by atoms with Gasteiger partial charge in [-0.3, -0.25) is 9.89 Å². The number of H-pyrrole nitrogens is 1. The molecule has 132 valence electrons. The quantitative estimate of drug-likeness (QED) is 0.513. The Labute approximate surface area is 154 Å². The van der Waals surface area contributed by atoms with Crippen molar-refractivity contribution in [2.75, 3.05) is 5.32 Å². The number of nitrogens with two attached hydrogens (primary N) is 1. The van der Waals surface area contributed by atoms with E-state index in [9.17, 15) is 9.90 Å². The fourth-order valence-electron chi connectivity index (χ4n) is 2.35. The molecule has 0 fully saturated rings. The second-order valence-corrected chi connectivity index (χ2v) is 6.05. The molecule has 0 aliphatic heterocycles. The van der Waals surface area contributed by atoms with Crippen LogP contribution in [0, 0.1) is 6.92 Å². The average Bonchev–Trinajstić information content (AvgIpc) is 2.97. The van der Waals surface area contributed by atoms with Gasteiger partial charge in [0, 0.05) is 22.5 Å². The van der Waals surface area contributed by atoms with E-state index in [1.807, 2.05) is 13.0 Å². The standard InChI is InChI=1S/C18H16ClN5O2/c1-10-5-6-11(14(25)7-10)9-21-17-15(16(20)26)18(24-23-17)22-13-4-2-3-12(19)8-13/h2-9,25H,1H3,(H2,20,26)(H2,22,23,24)/b21-9+. The van der Waals surface area contributed by atoms with Crippen molar-refractivity contribution in [1.29, 1.82) is 0 Å². The summed E-state index contributed by atoms with van der Waals surface area (Å²) in [6.45, 7) is 1.87. The summed E-state index contributed by atoms with van der Waals surface area (Å²) in [6, 6.07) is 12.1. The Morgan fingerprint density at radius 3 is 2.85 bits per heavy atom. The molecule has 0 aliphatic rings. The molecule has 0 unspecified atom stereocenters. The van der Waals surface area contributed by atoms with Gasteiger partial charge in [-0.25, -0.2) is 4.99 Å². The highest BCUT2D eigenvalue weighted by Crippen LogP contribution is 2.27. The number of hydrogen-bond donors (Lipinski definition) is 4. The minimum atomic E-state index is -0.691. The maximum atomic E-state index is 11.9. The second kappa shape index (κ2) is 7.28. The largest absolute Gasteiger partial charge is 0.507 e. The number of carbonyl (C=O) groups excluding carboxylic acids is 1. The number of rotatable bonds is 5. The third-order valence-corrected chi connectivity index (χ3v) is 3.83. The molecule has 1 amide bonds. The summed E-state index contributed by atoms with van der Waals surface area (Å²) >= 11 is 5.96. The van der Waals surface area contributed by atoms with Crippen LogP contribution in [-0.4, -0.2) is 27.4 Å². The summed E-state index contributed by atoms with van der Waals surface area (Å²) in [5.74, 6) is -0.184. The number of aromatic hydroxyl groups is 1. The van der Waals surface area contributed by atoms with Crippen LogP contribution < -0.4 is 11.1 Å². The predicted octanol–water partition coefficient (Wildman–Crippen LogP) is 3.67. The van der Waals surface area contributed by atoms with Crippen LogP contribution in [0.1, 0.15) is 21.5 Å². The number of aliphatic imine (C=N–C) groups is 1. The van der Waals surface area contributed by atoms with Crippen LogP contribution in [-0.2, 0) is 0 Å². The number of aromatic nitrogens is 2. The van der Waals surface area contributed by atoms with E-state index in [4.69, 9.17) is 17.3 Å². The maximum Gasteiger partial charge on any atom is 0.256 e. The van der Waals surface area contributed by atoms with Crippen molar-refractivity contribution < 1.29 is 9.90 Å². The summed E-state index contributed by atoms with van der Waals surface area (Å²) in [5.41, 5.74) is 7.66. The van der Waals surface area contributed by atoms with E-state index in [0.29, 0.717) is 16.3 Å². The molecule has 1 aromatic heterocycles. The number of phenols is 1. The lowest BCUT2D eigenvalue weighted by Gasteiger charge is -2.05. The molecule has 26 heavy (non-hydrogen) atoms. The van der Waals surface area contributed by atoms with Gasteiger partial charge in [0.1, 0.15) is 11.3 Å². The molecule has 0 radical (unpaired) electrons. The molecule has 0 saturated carbocycles. The van der Waals surface area contributed by atoms with Crippen LogP contribution in [0.15, 0.2) is 47.5 Å². The second-order valence-electron chi connectivity index (χ2n) is 5.62. The third-order valence-electron chi connectivity index (χ3n) is 3.60. The van der Waals surface area contributed by atoms with Crippen LogP contribution in [0.4, 0.5) is 17.3 Å². The van der Waals surface area contributed by atoms with Gasteiger partial charge in [0.2, 0.25) is 0 Å². The van der Waals surface area contributed by atoms with Crippen molar-refractivity contribution in [3.05, 3.63) is 64.2 Å². The van der Waals surface area contributed by atoms with Crippen LogP contribution >= 0.6 is 11.6 Å². The smallest absolute Gasteiger partial charge is 0.256 e.